The highest BCUT2D eigenvalue weighted by atomic mass is 16.5. The number of piperidine rings is 1. The molecule has 3 rings (SSSR count). The molecule has 0 saturated carbocycles. The number of likely N-dealkylation sites (tertiary alicyclic amines) is 1. The molecule has 0 unspecified atom stereocenters. The average molecular weight is 333 g/mol. The van der Waals surface area contributed by atoms with Crippen LogP contribution in [0.5, 0.6) is 0 Å². The predicted octanol–water partition coefficient (Wildman–Crippen LogP) is 2.80. The van der Waals surface area contributed by atoms with E-state index >= 15 is 0 Å². The summed E-state index contributed by atoms with van der Waals surface area (Å²) in [6, 6.07) is 3.87. The number of hydrogen-bond donors (Lipinski definition) is 0. The van der Waals surface area contributed by atoms with Gasteiger partial charge in [0.25, 0.3) is 5.89 Å². The van der Waals surface area contributed by atoms with Crippen LogP contribution in [0.3, 0.4) is 0 Å². The molecule has 2 atom stereocenters. The first-order chi connectivity index (χ1) is 11.5. The molecular weight excluding hydrogens is 310 g/mol. The van der Waals surface area contributed by atoms with Crippen molar-refractivity contribution in [2.75, 3.05) is 13.2 Å². The molecule has 7 nitrogen and oxygen atoms in total. The lowest BCUT2D eigenvalue weighted by Crippen LogP contribution is -2.42. The predicted molar refractivity (Wildman–Crippen MR) is 85.0 cm³/mol. The third-order valence-electron chi connectivity index (χ3n) is 4.30. The van der Waals surface area contributed by atoms with Gasteiger partial charge in [0, 0.05) is 6.54 Å². The molecule has 2 aromatic rings. The van der Waals surface area contributed by atoms with Gasteiger partial charge in [-0.3, -0.25) is 4.79 Å². The zero-order valence-corrected chi connectivity index (χ0v) is 14.3. The zero-order valence-electron chi connectivity index (χ0n) is 14.3. The van der Waals surface area contributed by atoms with Crippen molar-refractivity contribution in [1.29, 1.82) is 0 Å². The molecule has 3 heterocycles. The first kappa shape index (κ1) is 16.7. The van der Waals surface area contributed by atoms with E-state index in [0.717, 1.165) is 24.4 Å². The monoisotopic (exact) mass is 333 g/mol. The fraction of sp³-hybridized carbons (Fsp3) is 0.588. The number of aryl methyl sites for hydroxylation is 2. The molecule has 0 N–H and O–H groups in total. The Morgan fingerprint density at radius 3 is 2.92 bits per heavy atom. The molecule has 24 heavy (non-hydrogen) atoms. The summed E-state index contributed by atoms with van der Waals surface area (Å²) in [5, 5.41) is 3.69. The quantitative estimate of drug-likeness (QED) is 0.837. The third kappa shape index (κ3) is 3.84. The van der Waals surface area contributed by atoms with Crippen LogP contribution < -0.4 is 0 Å². The summed E-state index contributed by atoms with van der Waals surface area (Å²) in [4.78, 5) is 18.5. The van der Waals surface area contributed by atoms with Gasteiger partial charge in [0.05, 0.1) is 6.04 Å². The van der Waals surface area contributed by atoms with Crippen LogP contribution in [0.25, 0.3) is 0 Å². The van der Waals surface area contributed by atoms with E-state index in [2.05, 4.69) is 17.1 Å². The van der Waals surface area contributed by atoms with Crippen molar-refractivity contribution in [2.45, 2.75) is 46.3 Å². The van der Waals surface area contributed by atoms with Crippen LogP contribution in [-0.4, -0.2) is 34.1 Å². The Bertz CT molecular complexity index is 694. The highest BCUT2D eigenvalue weighted by molar-refractivity contribution is 5.78. The number of aromatic nitrogens is 2. The van der Waals surface area contributed by atoms with Crippen molar-refractivity contribution in [3.8, 4) is 0 Å². The molecule has 1 saturated heterocycles. The summed E-state index contributed by atoms with van der Waals surface area (Å²) in [7, 11) is 0. The van der Waals surface area contributed by atoms with Crippen LogP contribution in [-0.2, 0) is 16.1 Å². The summed E-state index contributed by atoms with van der Waals surface area (Å²) < 4.78 is 16.2. The van der Waals surface area contributed by atoms with Gasteiger partial charge >= 0.3 is 0 Å². The molecule has 0 bridgehead atoms. The van der Waals surface area contributed by atoms with Gasteiger partial charge in [-0.05, 0) is 44.7 Å². The molecule has 0 spiro atoms. The molecule has 1 aliphatic rings. The van der Waals surface area contributed by atoms with Gasteiger partial charge < -0.3 is 18.6 Å². The molecule has 1 aliphatic heterocycles. The SMILES string of the molecule is Cc1noc(COCC(=O)N2CC[C@H](C)C[C@@H]2c2ccc(C)o2)n1. The van der Waals surface area contributed by atoms with Gasteiger partial charge in [0.1, 0.15) is 24.7 Å². The lowest BCUT2D eigenvalue weighted by atomic mass is 9.91. The average Bonchev–Trinajstić information content (AvgIpc) is 3.15. The minimum Gasteiger partial charge on any atom is -0.464 e. The fourth-order valence-corrected chi connectivity index (χ4v) is 3.05. The largest absolute Gasteiger partial charge is 0.464 e. The first-order valence-electron chi connectivity index (χ1n) is 8.25. The van der Waals surface area contributed by atoms with Crippen molar-refractivity contribution < 1.29 is 18.5 Å². The fourth-order valence-electron chi connectivity index (χ4n) is 3.05. The Morgan fingerprint density at radius 2 is 2.25 bits per heavy atom. The lowest BCUT2D eigenvalue weighted by molar-refractivity contribution is -0.142. The van der Waals surface area contributed by atoms with Crippen molar-refractivity contribution in [3.63, 3.8) is 0 Å². The summed E-state index contributed by atoms with van der Waals surface area (Å²) in [6.45, 7) is 6.71. The number of amides is 1. The molecule has 2 aromatic heterocycles. The number of rotatable bonds is 5. The normalized spacial score (nSPS) is 21.2. The van der Waals surface area contributed by atoms with Gasteiger partial charge in [0.15, 0.2) is 5.82 Å². The highest BCUT2D eigenvalue weighted by Gasteiger charge is 2.32. The highest BCUT2D eigenvalue weighted by Crippen LogP contribution is 2.34. The van der Waals surface area contributed by atoms with Crippen LogP contribution in [0.4, 0.5) is 0 Å². The number of nitrogens with zero attached hydrogens (tertiary/aromatic N) is 3. The topological polar surface area (TPSA) is 81.6 Å². The van der Waals surface area contributed by atoms with Gasteiger partial charge in [-0.15, -0.1) is 0 Å². The number of carbonyl (C=O) groups is 1. The van der Waals surface area contributed by atoms with E-state index in [1.165, 1.54) is 0 Å². The Morgan fingerprint density at radius 1 is 1.42 bits per heavy atom. The standard InChI is InChI=1S/C17H23N3O4/c1-11-6-7-20(14(8-11)15-5-4-12(2)23-15)17(21)10-22-9-16-18-13(3)19-24-16/h4-5,11,14H,6-10H2,1-3H3/t11-,14+/m0/s1. The van der Waals surface area contributed by atoms with Crippen molar-refractivity contribution in [3.05, 3.63) is 35.4 Å². The number of hydrogen-bond acceptors (Lipinski definition) is 6. The van der Waals surface area contributed by atoms with Crippen LogP contribution in [0.1, 0.15) is 49.0 Å². The van der Waals surface area contributed by atoms with E-state index in [-0.39, 0.29) is 25.2 Å². The third-order valence-corrected chi connectivity index (χ3v) is 4.30. The van der Waals surface area contributed by atoms with Gasteiger partial charge in [-0.1, -0.05) is 12.1 Å². The minimum absolute atomic E-state index is 0.00794. The summed E-state index contributed by atoms with van der Waals surface area (Å²) in [5.74, 6) is 3.16. The molecule has 7 heteroatoms. The molecule has 1 amide bonds. The maximum Gasteiger partial charge on any atom is 0.252 e. The van der Waals surface area contributed by atoms with Gasteiger partial charge in [-0.2, -0.15) is 4.98 Å². The van der Waals surface area contributed by atoms with Crippen LogP contribution in [0.15, 0.2) is 21.1 Å². The van der Waals surface area contributed by atoms with E-state index in [1.54, 1.807) is 6.92 Å². The van der Waals surface area contributed by atoms with E-state index in [9.17, 15) is 4.79 Å². The minimum atomic E-state index is -0.0443. The maximum atomic E-state index is 12.6. The summed E-state index contributed by atoms with van der Waals surface area (Å²) >= 11 is 0. The van der Waals surface area contributed by atoms with E-state index in [1.807, 2.05) is 24.0 Å². The maximum absolute atomic E-state index is 12.6. The molecule has 130 valence electrons. The smallest absolute Gasteiger partial charge is 0.252 e. The van der Waals surface area contributed by atoms with Gasteiger partial charge in [-0.25, -0.2) is 0 Å². The van der Waals surface area contributed by atoms with Gasteiger partial charge in [0.2, 0.25) is 5.91 Å². The lowest BCUT2D eigenvalue weighted by Gasteiger charge is -2.37. The summed E-state index contributed by atoms with van der Waals surface area (Å²) in [5.41, 5.74) is 0. The zero-order chi connectivity index (χ0) is 17.1. The van der Waals surface area contributed by atoms with Crippen LogP contribution in [0, 0.1) is 19.8 Å². The summed E-state index contributed by atoms with van der Waals surface area (Å²) in [6.07, 6.45) is 1.90. The second kappa shape index (κ2) is 7.17. The second-order valence-corrected chi connectivity index (χ2v) is 6.41. The first-order valence-corrected chi connectivity index (χ1v) is 8.25. The van der Waals surface area contributed by atoms with Crippen molar-refractivity contribution >= 4 is 5.91 Å². The van der Waals surface area contributed by atoms with E-state index < -0.39 is 0 Å². The molecule has 1 fully saturated rings. The Kier molecular flexibility index (Phi) is 4.99. The molecule has 0 aromatic carbocycles. The Balaban J connectivity index is 1.60. The Labute approximate surface area is 141 Å². The second-order valence-electron chi connectivity index (χ2n) is 6.41. The molecule has 0 aliphatic carbocycles. The number of furan rings is 1. The number of carbonyl (C=O) groups excluding carboxylic acids is 1. The van der Waals surface area contributed by atoms with E-state index in [4.69, 9.17) is 13.7 Å². The van der Waals surface area contributed by atoms with Crippen LogP contribution >= 0.6 is 0 Å². The van der Waals surface area contributed by atoms with Crippen molar-refractivity contribution in [1.82, 2.24) is 15.0 Å². The van der Waals surface area contributed by atoms with E-state index in [0.29, 0.717) is 24.2 Å². The van der Waals surface area contributed by atoms with Crippen molar-refractivity contribution in [2.24, 2.45) is 5.92 Å². The number of ether oxygens (including phenoxy) is 1. The molecule has 0 radical (unpaired) electrons. The molecular formula is C17H23N3O4. The Hall–Kier alpha value is -2.15. The van der Waals surface area contributed by atoms with Crippen LogP contribution in [0.2, 0.25) is 0 Å².